The van der Waals surface area contributed by atoms with E-state index in [2.05, 4.69) is 12.1 Å². The van der Waals surface area contributed by atoms with E-state index < -0.39 is 84.1 Å². The smallest absolute Gasteiger partial charge is 0.0622 e. The minimum atomic E-state index is -0.710. The quantitative estimate of drug-likeness (QED) is 0.140. The number of fused-ring (bicyclic) bond motifs is 5. The van der Waals surface area contributed by atoms with Crippen LogP contribution in [0.2, 0.25) is 0 Å². The van der Waals surface area contributed by atoms with Crippen molar-refractivity contribution in [3.63, 3.8) is 0 Å². The number of benzene rings is 9. The summed E-state index contributed by atoms with van der Waals surface area (Å²) in [5.41, 5.74) is 3.63. The summed E-state index contributed by atoms with van der Waals surface area (Å²) in [5, 5.41) is 2.73. The van der Waals surface area contributed by atoms with Gasteiger partial charge in [-0.25, -0.2) is 0 Å². The van der Waals surface area contributed by atoms with Crippen LogP contribution in [0.25, 0.3) is 87.6 Å². The Hall–Kier alpha value is -5.98. The van der Waals surface area contributed by atoms with Crippen LogP contribution in [0, 0.1) is 0 Å². The minimum absolute atomic E-state index is 0.0875. The topological polar surface area (TPSA) is 0 Å². The second-order valence-electron chi connectivity index (χ2n) is 11.0. The van der Waals surface area contributed by atoms with Crippen LogP contribution in [0.1, 0.15) is 17.8 Å². The summed E-state index contributed by atoms with van der Waals surface area (Å²) >= 11 is 0. The van der Waals surface area contributed by atoms with Crippen molar-refractivity contribution in [2.75, 3.05) is 0 Å². The van der Waals surface area contributed by atoms with Crippen molar-refractivity contribution in [1.29, 1.82) is 0 Å². The van der Waals surface area contributed by atoms with E-state index in [0.717, 1.165) is 43.8 Å². The van der Waals surface area contributed by atoms with Crippen molar-refractivity contribution in [2.45, 2.75) is 0 Å². The molecular formula is C46H30. The molecule has 0 atom stereocenters. The van der Waals surface area contributed by atoms with Gasteiger partial charge in [-0.05, 0) is 93.7 Å². The zero-order chi connectivity index (χ0) is 41.8. The molecule has 0 spiro atoms. The molecule has 9 aromatic carbocycles. The second-order valence-corrected chi connectivity index (χ2v) is 11.0. The molecule has 0 unspecified atom stereocenters. The zero-order valence-corrected chi connectivity index (χ0v) is 24.3. The summed E-state index contributed by atoms with van der Waals surface area (Å²) in [6.07, 6.45) is 0. The molecule has 0 N–H and O–H groups in total. The molecule has 0 heteroatoms. The van der Waals surface area contributed by atoms with Gasteiger partial charge in [0.15, 0.2) is 0 Å². The molecule has 9 aromatic rings. The van der Waals surface area contributed by atoms with Crippen molar-refractivity contribution in [3.05, 3.63) is 182 Å². The maximum absolute atomic E-state index is 9.38. The molecule has 0 radical (unpaired) electrons. The Morgan fingerprint density at radius 3 is 1.24 bits per heavy atom. The summed E-state index contributed by atoms with van der Waals surface area (Å²) in [7, 11) is 0. The van der Waals surface area contributed by atoms with E-state index in [-0.39, 0.29) is 32.7 Å². The van der Waals surface area contributed by atoms with Gasteiger partial charge in [-0.3, -0.25) is 0 Å². The van der Waals surface area contributed by atoms with E-state index in [0.29, 0.717) is 5.56 Å². The average molecular weight is 596 g/mol. The van der Waals surface area contributed by atoms with Crippen molar-refractivity contribution < 1.29 is 17.8 Å². The van der Waals surface area contributed by atoms with Gasteiger partial charge in [0.2, 0.25) is 0 Å². The largest absolute Gasteiger partial charge is 0.0629 e. The molecule has 0 nitrogen and oxygen atoms in total. The third-order valence-electron chi connectivity index (χ3n) is 8.56. The van der Waals surface area contributed by atoms with Gasteiger partial charge < -0.3 is 0 Å². The molecule has 0 aliphatic rings. The molecule has 9 rings (SSSR count). The molecule has 0 fully saturated rings. The predicted molar refractivity (Wildman–Crippen MR) is 198 cm³/mol. The SMILES string of the molecule is [2H]c1c([2H])c([2H])c(-c2c3c([2H])c([2H])c([2H])c([2H])c3c(-c3ccc4c(-c5ccccc5)c(-c5ccccc5)c5ccccc5c4c3)c3c([2H])c([2H])c([2H])c([2H])c23)c([2H])c1[2H]. The Bertz CT molecular complexity index is 3180. The van der Waals surface area contributed by atoms with E-state index in [1.165, 1.54) is 0 Å². The predicted octanol–water partition coefficient (Wildman–Crippen LogP) is 13.0. The lowest BCUT2D eigenvalue weighted by Gasteiger charge is -2.21. The lowest BCUT2D eigenvalue weighted by atomic mass is 9.82. The monoisotopic (exact) mass is 595 g/mol. The van der Waals surface area contributed by atoms with Gasteiger partial charge in [0.05, 0.1) is 17.8 Å². The van der Waals surface area contributed by atoms with Gasteiger partial charge in [0, 0.05) is 0 Å². The fourth-order valence-corrected chi connectivity index (χ4v) is 6.69. The van der Waals surface area contributed by atoms with Crippen LogP contribution in [0.5, 0.6) is 0 Å². The molecule has 0 aliphatic heterocycles. The van der Waals surface area contributed by atoms with E-state index in [9.17, 15) is 5.48 Å². The molecule has 0 saturated heterocycles. The standard InChI is InChI=1S/C46H30/c1-4-16-31(17-5-1)43-37-24-12-14-26-39(37)44(40-27-15-13-25-38(40)43)34-28-29-41-42(30-34)35-22-10-11-23-36(35)45(32-18-6-2-7-19-32)46(41)33-20-8-3-9-21-33/h1-30H/i1D,4D,5D,12D,13D,14D,15D,16D,17D,24D,25D,26D,27D. The van der Waals surface area contributed by atoms with E-state index in [4.69, 9.17) is 12.3 Å². The Morgan fingerprint density at radius 2 is 0.696 bits per heavy atom. The summed E-state index contributed by atoms with van der Waals surface area (Å²) in [6, 6.07) is 25.3. The van der Waals surface area contributed by atoms with Crippen LogP contribution in [0.4, 0.5) is 0 Å². The van der Waals surface area contributed by atoms with Crippen molar-refractivity contribution in [3.8, 4) is 44.5 Å². The first kappa shape index (κ1) is 16.4. The van der Waals surface area contributed by atoms with Gasteiger partial charge in [-0.1, -0.05) is 176 Å². The maximum atomic E-state index is 9.38. The molecule has 0 aromatic heterocycles. The van der Waals surface area contributed by atoms with Crippen LogP contribution >= 0.6 is 0 Å². The molecular weight excluding hydrogens is 553 g/mol. The first-order chi connectivity index (χ1) is 28.3. The summed E-state index contributed by atoms with van der Waals surface area (Å²) in [5.74, 6) is 0. The van der Waals surface area contributed by atoms with Crippen molar-refractivity contribution in [2.24, 2.45) is 0 Å². The van der Waals surface area contributed by atoms with Crippen molar-refractivity contribution >= 4 is 43.1 Å². The molecule has 0 heterocycles. The molecule has 0 saturated carbocycles. The Morgan fingerprint density at radius 1 is 0.261 bits per heavy atom. The highest BCUT2D eigenvalue weighted by Crippen LogP contribution is 2.48. The van der Waals surface area contributed by atoms with Gasteiger partial charge >= 0.3 is 0 Å². The molecule has 46 heavy (non-hydrogen) atoms. The Labute approximate surface area is 287 Å². The van der Waals surface area contributed by atoms with E-state index in [1.54, 1.807) is 6.07 Å². The molecule has 0 amide bonds. The summed E-state index contributed by atoms with van der Waals surface area (Å²) in [6.45, 7) is 0. The van der Waals surface area contributed by atoms with Crippen LogP contribution in [-0.4, -0.2) is 0 Å². The fraction of sp³-hybridized carbons (Fsp3) is 0. The number of hydrogen-bond donors (Lipinski definition) is 0. The van der Waals surface area contributed by atoms with Crippen LogP contribution in [0.15, 0.2) is 182 Å². The normalized spacial score (nSPS) is 15.4. The first-order valence-corrected chi connectivity index (χ1v) is 14.9. The number of rotatable bonds is 4. The van der Waals surface area contributed by atoms with Gasteiger partial charge in [-0.2, -0.15) is 0 Å². The maximum Gasteiger partial charge on any atom is 0.0629 e. The lowest BCUT2D eigenvalue weighted by molar-refractivity contribution is 1.62. The summed E-state index contributed by atoms with van der Waals surface area (Å²) < 4.78 is 116. The highest BCUT2D eigenvalue weighted by molar-refractivity contribution is 6.25. The van der Waals surface area contributed by atoms with Crippen molar-refractivity contribution in [1.82, 2.24) is 0 Å². The highest BCUT2D eigenvalue weighted by atomic mass is 14.2. The summed E-state index contributed by atoms with van der Waals surface area (Å²) in [4.78, 5) is 0. The third-order valence-corrected chi connectivity index (χ3v) is 8.56. The van der Waals surface area contributed by atoms with E-state index >= 15 is 0 Å². The van der Waals surface area contributed by atoms with Crippen LogP contribution in [-0.2, 0) is 0 Å². The van der Waals surface area contributed by atoms with Gasteiger partial charge in [0.25, 0.3) is 0 Å². The average Bonchev–Trinajstić information content (AvgIpc) is 3.26. The first-order valence-electron chi connectivity index (χ1n) is 21.4. The Balaban J connectivity index is 1.55. The van der Waals surface area contributed by atoms with Gasteiger partial charge in [-0.15, -0.1) is 0 Å². The fourth-order valence-electron chi connectivity index (χ4n) is 6.69. The van der Waals surface area contributed by atoms with Crippen LogP contribution < -0.4 is 0 Å². The van der Waals surface area contributed by atoms with E-state index in [1.807, 2.05) is 84.9 Å². The van der Waals surface area contributed by atoms with Crippen LogP contribution in [0.3, 0.4) is 0 Å². The lowest BCUT2D eigenvalue weighted by Crippen LogP contribution is -1.93. The zero-order valence-electron chi connectivity index (χ0n) is 37.3. The highest BCUT2D eigenvalue weighted by Gasteiger charge is 2.20. The number of hydrogen-bond acceptors (Lipinski definition) is 0. The molecule has 0 bridgehead atoms. The Kier molecular flexibility index (Phi) is 3.87. The minimum Gasteiger partial charge on any atom is -0.0622 e. The van der Waals surface area contributed by atoms with Gasteiger partial charge in [0.1, 0.15) is 0 Å². The molecule has 214 valence electrons. The second kappa shape index (κ2) is 10.9. The third kappa shape index (κ3) is 4.15. The molecule has 0 aliphatic carbocycles.